The van der Waals surface area contributed by atoms with Gasteiger partial charge in [0.25, 0.3) is 0 Å². The molecule has 7 unspecified atom stereocenters. The van der Waals surface area contributed by atoms with E-state index >= 15 is 0 Å². The lowest BCUT2D eigenvalue weighted by molar-refractivity contribution is 0.0622. The van der Waals surface area contributed by atoms with Gasteiger partial charge in [-0.05, 0) is 323 Å². The largest absolute Gasteiger partial charge is 0.456 e. The van der Waals surface area contributed by atoms with Crippen LogP contribution < -0.4 is 9.80 Å². The number of anilines is 6. The summed E-state index contributed by atoms with van der Waals surface area (Å²) < 4.78 is 9.17. The molecule has 0 N–H and O–H groups in total. The zero-order valence-electron chi connectivity index (χ0n) is 76.1. The highest BCUT2D eigenvalue weighted by Crippen LogP contribution is 2.78. The number of hydrogen-bond acceptors (Lipinski definition) is 4. The first kappa shape index (κ1) is 78.0. The molecule has 6 saturated carbocycles. The van der Waals surface area contributed by atoms with E-state index in [0.29, 0.717) is 41.4 Å². The van der Waals surface area contributed by atoms with Crippen LogP contribution in [0, 0.1) is 41.4 Å². The second kappa shape index (κ2) is 28.3. The second-order valence-electron chi connectivity index (χ2n) is 42.9. The average molecular weight is 1710 g/mol. The van der Waals surface area contributed by atoms with Crippen LogP contribution in [0.5, 0.6) is 0 Å². The van der Waals surface area contributed by atoms with Gasteiger partial charge in [-0.2, -0.15) is 0 Å². The Labute approximate surface area is 774 Å². The summed E-state index contributed by atoms with van der Waals surface area (Å²) in [5, 5.41) is 4.96. The van der Waals surface area contributed by atoms with Crippen LogP contribution in [0.3, 0.4) is 0 Å². The molecule has 4 heteroatoms. The molecule has 18 aromatic rings. The third-order valence-electron chi connectivity index (χ3n) is 35.6. The Bertz CT molecular complexity index is 7780. The van der Waals surface area contributed by atoms with Crippen LogP contribution >= 0.6 is 11.3 Å². The summed E-state index contributed by atoms with van der Waals surface area (Å²) in [4.78, 5) is 5.32. The van der Waals surface area contributed by atoms with Crippen molar-refractivity contribution in [3.05, 3.63) is 419 Å². The Morgan fingerprint density at radius 2 is 0.771 bits per heavy atom. The van der Waals surface area contributed by atoms with Crippen LogP contribution in [0.1, 0.15) is 180 Å². The van der Waals surface area contributed by atoms with Crippen molar-refractivity contribution >= 4 is 87.6 Å². The molecule has 27 rings (SSSR count). The summed E-state index contributed by atoms with van der Waals surface area (Å²) in [5.41, 5.74) is 39.9. The topological polar surface area (TPSA) is 19.6 Å². The van der Waals surface area contributed by atoms with E-state index in [4.69, 9.17) is 4.42 Å². The van der Waals surface area contributed by atoms with Crippen LogP contribution in [-0.4, -0.2) is 0 Å². The van der Waals surface area contributed by atoms with Crippen molar-refractivity contribution in [3.63, 3.8) is 0 Å². The number of benzene rings is 16. The Hall–Kier alpha value is -12.9. The van der Waals surface area contributed by atoms with E-state index < -0.39 is 0 Å². The van der Waals surface area contributed by atoms with Crippen LogP contribution in [-0.2, 0) is 32.5 Å². The number of thiophene rings is 1. The Morgan fingerprint density at radius 1 is 0.290 bits per heavy atom. The molecule has 0 aliphatic heterocycles. The van der Waals surface area contributed by atoms with Crippen molar-refractivity contribution in [2.75, 3.05) is 9.80 Å². The van der Waals surface area contributed by atoms with Crippen LogP contribution in [0.15, 0.2) is 362 Å². The van der Waals surface area contributed by atoms with Gasteiger partial charge in [-0.1, -0.05) is 322 Å². The SMILES string of the molecule is C[C@@H]1C[C@H]2C[C@H]3CC1CC21c2cc(N(c4ccc(-c5ccccc5-c5cccc6sc7ccccc7c56)cc4)c4ccccc4-c4cccc(C5(C)C[C@H]6CC7C[C@@H](C5)C65c6cc(N(c8ccc(-c9ccccc9-c9cccc%10oc%11ccccc%11c9%10)cc8)c8ccc9c(c8)C(C)(C)c8ccccc8-9)ccc6C(C)(C)c6ccccc6C75)c4)ccc2C(C)(C)c2ccccc2C31. The van der Waals surface area contributed by atoms with Gasteiger partial charge in [0, 0.05) is 92.0 Å². The predicted octanol–water partition coefficient (Wildman–Crippen LogP) is 34.4. The molecule has 16 aromatic carbocycles. The summed E-state index contributed by atoms with van der Waals surface area (Å²) in [6, 6.07) is 140. The van der Waals surface area contributed by atoms with Gasteiger partial charge in [-0.3, -0.25) is 0 Å². The van der Waals surface area contributed by atoms with Crippen LogP contribution in [0.2, 0.25) is 0 Å². The number of furan rings is 1. The van der Waals surface area contributed by atoms with Gasteiger partial charge in [-0.15, -0.1) is 11.3 Å². The van der Waals surface area contributed by atoms with Gasteiger partial charge in [0.15, 0.2) is 0 Å². The van der Waals surface area contributed by atoms with E-state index in [9.17, 15) is 0 Å². The van der Waals surface area contributed by atoms with Gasteiger partial charge in [0.05, 0.1) is 5.69 Å². The van der Waals surface area contributed by atoms with E-state index in [-0.39, 0.29) is 32.5 Å². The monoisotopic (exact) mass is 1710 g/mol. The summed E-state index contributed by atoms with van der Waals surface area (Å²) in [6.07, 6.45) is 9.97. The maximum absolute atomic E-state index is 6.52. The smallest absolute Gasteiger partial charge is 0.136 e. The molecule has 5 bridgehead atoms. The lowest BCUT2D eigenvalue weighted by Crippen LogP contribution is -2.50. The number of rotatable bonds is 12. The minimum atomic E-state index is -0.257. The Balaban J connectivity index is 0.588. The van der Waals surface area contributed by atoms with E-state index in [0.717, 1.165) is 52.3 Å². The van der Waals surface area contributed by atoms with Crippen LogP contribution in [0.25, 0.3) is 109 Å². The normalized spacial score (nSPS) is 24.7. The molecule has 0 radical (unpaired) electrons. The Kier molecular flexibility index (Phi) is 16.9. The summed E-state index contributed by atoms with van der Waals surface area (Å²) in [7, 11) is 0. The fraction of sp³-hybridized carbons (Fsp3) is 0.244. The molecule has 9 aliphatic carbocycles. The molecule has 12 atom stereocenters. The van der Waals surface area contributed by atoms with E-state index in [2.05, 4.69) is 423 Å². The average Bonchev–Trinajstić information content (AvgIpc) is 1.49. The Morgan fingerprint density at radius 3 is 1.47 bits per heavy atom. The van der Waals surface area contributed by atoms with E-state index in [1.54, 1.807) is 22.3 Å². The molecular weight excluding hydrogens is 1600 g/mol. The second-order valence-corrected chi connectivity index (χ2v) is 44.0. The maximum atomic E-state index is 6.52. The molecule has 3 nitrogen and oxygen atoms in total. The number of hydrogen-bond donors (Lipinski definition) is 0. The van der Waals surface area contributed by atoms with Gasteiger partial charge in [-0.25, -0.2) is 0 Å². The number of para-hydroxylation sites is 2. The maximum Gasteiger partial charge on any atom is 0.136 e. The zero-order chi connectivity index (χ0) is 87.5. The zero-order valence-corrected chi connectivity index (χ0v) is 76.9. The van der Waals surface area contributed by atoms with Crippen LogP contribution in [0.4, 0.5) is 34.1 Å². The van der Waals surface area contributed by atoms with Crippen molar-refractivity contribution in [2.45, 2.75) is 151 Å². The lowest BCUT2D eigenvalue weighted by Gasteiger charge is -2.55. The predicted molar refractivity (Wildman–Crippen MR) is 548 cm³/mol. The molecule has 638 valence electrons. The molecule has 2 heterocycles. The molecule has 0 saturated heterocycles. The van der Waals surface area contributed by atoms with Gasteiger partial charge >= 0.3 is 0 Å². The third kappa shape index (κ3) is 11.0. The fourth-order valence-electron chi connectivity index (χ4n) is 30.3. The highest BCUT2D eigenvalue weighted by atomic mass is 32.1. The van der Waals surface area contributed by atoms with Crippen molar-refractivity contribution < 1.29 is 4.42 Å². The minimum Gasteiger partial charge on any atom is -0.456 e. The van der Waals surface area contributed by atoms with Crippen molar-refractivity contribution in [2.24, 2.45) is 41.4 Å². The standard InChI is InChI=1S/C127H108N2OS/c1-76-64-84-67-80-65-82(76)73-126(84)111-71-91(60-62-108(111)122(2,3)106-43-20-14-36-101(106)120(80)126)129(88-56-52-78(53-57-88)93-31-10-12-34-96(93)100-41-27-49-117-119(100)104-39-18-24-48-116(104)131-117)113-45-22-16-32-94(113)79-28-25-29-83(66-79)125(8)74-85-68-81-69-86(75-125)127(85)112-72-90(59-63-109(112)123(4,5)107-44-21-15-37-102(107)121(81)127)128(89-58-61-98-97-35-13-19-42-105(97)124(6,7)110(98)70-89)87-54-50-77(51-55-87)92-30-9-11-33-95(92)99-40-26-47-115-118(99)103-38-17-23-46-114(103)130-115/h9-63,66,70-72,76,80-82,84-86,120-121H,64-65,67-69,73-75H2,1-8H3/t76-,80-,81?,82?,84+,85-,86+,120?,121?,125?,126?,127?/m1/s1. The first-order valence-electron chi connectivity index (χ1n) is 48.7. The third-order valence-corrected chi connectivity index (χ3v) is 36.8. The lowest BCUT2D eigenvalue weighted by atomic mass is 9.49. The molecule has 6 fully saturated rings. The molecule has 2 spiro atoms. The molecule has 9 aliphatic rings. The molecular formula is C127H108N2OS. The van der Waals surface area contributed by atoms with E-state index in [1.165, 1.54) is 193 Å². The van der Waals surface area contributed by atoms with E-state index in [1.807, 2.05) is 11.3 Å². The molecule has 2 aromatic heterocycles. The summed E-state index contributed by atoms with van der Waals surface area (Å²) in [5.74, 6) is 5.16. The quantitative estimate of drug-likeness (QED) is 0.122. The first-order valence-corrected chi connectivity index (χ1v) is 49.5. The highest BCUT2D eigenvalue weighted by Gasteiger charge is 2.71. The summed E-state index contributed by atoms with van der Waals surface area (Å²) >= 11 is 1.90. The van der Waals surface area contributed by atoms with Gasteiger partial charge in [0.2, 0.25) is 0 Å². The highest BCUT2D eigenvalue weighted by molar-refractivity contribution is 7.26. The van der Waals surface area contributed by atoms with Gasteiger partial charge in [0.1, 0.15) is 11.2 Å². The van der Waals surface area contributed by atoms with Crippen molar-refractivity contribution in [1.82, 2.24) is 0 Å². The molecule has 0 amide bonds. The number of fused-ring (bicyclic) bond motifs is 14. The molecule has 131 heavy (non-hydrogen) atoms. The first-order chi connectivity index (χ1) is 63.9. The van der Waals surface area contributed by atoms with Gasteiger partial charge < -0.3 is 14.2 Å². The van der Waals surface area contributed by atoms with Crippen molar-refractivity contribution in [1.29, 1.82) is 0 Å². The van der Waals surface area contributed by atoms with Crippen molar-refractivity contribution in [3.8, 4) is 66.8 Å². The fourth-order valence-corrected chi connectivity index (χ4v) is 31.5. The summed E-state index contributed by atoms with van der Waals surface area (Å²) in [6.45, 7) is 20.4. The minimum absolute atomic E-state index is 0.0555. The number of nitrogens with zero attached hydrogens (tertiary/aromatic N) is 2.